The molecule has 28 heavy (non-hydrogen) atoms. The van der Waals surface area contributed by atoms with Crippen LogP contribution in [-0.4, -0.2) is 47.8 Å². The molecule has 3 aromatic rings. The number of carbonyl (C=O) groups excluding carboxylic acids is 1. The Morgan fingerprint density at radius 2 is 2.00 bits per heavy atom. The van der Waals surface area contributed by atoms with Crippen LogP contribution in [0, 0.1) is 26.7 Å². The zero-order valence-electron chi connectivity index (χ0n) is 17.3. The number of methoxy groups -OCH3 is 1. The van der Waals surface area contributed by atoms with Crippen LogP contribution in [0.5, 0.6) is 0 Å². The van der Waals surface area contributed by atoms with E-state index in [0.717, 1.165) is 17.1 Å². The van der Waals surface area contributed by atoms with Crippen LogP contribution in [0.15, 0.2) is 21.1 Å². The van der Waals surface area contributed by atoms with E-state index in [4.69, 9.17) is 13.7 Å². The third-order valence-electron chi connectivity index (χ3n) is 4.60. The van der Waals surface area contributed by atoms with E-state index in [9.17, 15) is 4.79 Å². The van der Waals surface area contributed by atoms with E-state index in [2.05, 4.69) is 24.0 Å². The molecule has 0 spiro atoms. The Labute approximate surface area is 164 Å². The van der Waals surface area contributed by atoms with Gasteiger partial charge in [-0.05, 0) is 38.8 Å². The third kappa shape index (κ3) is 3.94. The highest BCUT2D eigenvalue weighted by atomic mass is 16.5. The van der Waals surface area contributed by atoms with E-state index in [0.29, 0.717) is 53.7 Å². The number of furan rings is 1. The quantitative estimate of drug-likeness (QED) is 0.608. The maximum absolute atomic E-state index is 13.5. The topological polar surface area (TPSA) is 81.6 Å². The predicted molar refractivity (Wildman–Crippen MR) is 106 cm³/mol. The number of aryl methyl sites for hydroxylation is 3. The molecule has 3 heterocycles. The molecule has 0 aliphatic carbocycles. The van der Waals surface area contributed by atoms with Crippen molar-refractivity contribution in [2.75, 3.05) is 26.8 Å². The molecule has 0 atom stereocenters. The van der Waals surface area contributed by atoms with Crippen molar-refractivity contribution in [2.45, 2.75) is 34.6 Å². The minimum atomic E-state index is -0.0800. The number of amides is 1. The van der Waals surface area contributed by atoms with Crippen molar-refractivity contribution in [1.29, 1.82) is 0 Å². The first kappa shape index (κ1) is 20.1. The van der Waals surface area contributed by atoms with Gasteiger partial charge in [0.15, 0.2) is 0 Å². The lowest BCUT2D eigenvalue weighted by Gasteiger charge is -2.24. The summed E-state index contributed by atoms with van der Waals surface area (Å²) in [6.45, 7) is 11.4. The predicted octanol–water partition coefficient (Wildman–Crippen LogP) is 4.15. The van der Waals surface area contributed by atoms with Gasteiger partial charge in [0.05, 0.1) is 28.9 Å². The fraction of sp³-hybridized carbons (Fsp3) is 0.476. The summed E-state index contributed by atoms with van der Waals surface area (Å²) < 4.78 is 16.2. The molecular formula is C21H27N3O4. The summed E-state index contributed by atoms with van der Waals surface area (Å²) >= 11 is 0. The molecule has 0 aliphatic heterocycles. The molecule has 0 aliphatic rings. The number of aromatic nitrogens is 2. The van der Waals surface area contributed by atoms with E-state index >= 15 is 0 Å². The Hall–Kier alpha value is -2.67. The molecule has 0 bridgehead atoms. The van der Waals surface area contributed by atoms with Gasteiger partial charge in [0.25, 0.3) is 11.6 Å². The minimum Gasteiger partial charge on any atom is -0.466 e. The summed E-state index contributed by atoms with van der Waals surface area (Å²) in [4.78, 5) is 19.9. The van der Waals surface area contributed by atoms with Crippen LogP contribution in [0.2, 0.25) is 0 Å². The normalized spacial score (nSPS) is 11.5. The average Bonchev–Trinajstić information content (AvgIpc) is 3.18. The van der Waals surface area contributed by atoms with Gasteiger partial charge in [0.1, 0.15) is 11.5 Å². The number of carbonyl (C=O) groups is 1. The summed E-state index contributed by atoms with van der Waals surface area (Å²) in [6.07, 6.45) is 0. The highest BCUT2D eigenvalue weighted by Gasteiger charge is 2.24. The van der Waals surface area contributed by atoms with Gasteiger partial charge in [-0.2, -0.15) is 0 Å². The second kappa shape index (κ2) is 8.14. The number of nitrogens with zero attached hydrogens (tertiary/aromatic N) is 3. The van der Waals surface area contributed by atoms with Crippen molar-refractivity contribution in [3.05, 3.63) is 34.9 Å². The second-order valence-corrected chi connectivity index (χ2v) is 7.47. The van der Waals surface area contributed by atoms with Crippen LogP contribution in [0.4, 0.5) is 0 Å². The van der Waals surface area contributed by atoms with Gasteiger partial charge < -0.3 is 18.6 Å². The standard InChI is InChI=1S/C21H27N3O4/c1-12(2)11-24(7-8-26-6)21(25)17-10-18(16-9-13(3)27-15(16)5)22-20-19(17)14(4)23-28-20/h9-10,12H,7-8,11H2,1-6H3. The SMILES string of the molecule is COCCN(CC(C)C)C(=O)c1cc(-c2cc(C)oc2C)nc2onc(C)c12. The molecular weight excluding hydrogens is 358 g/mol. The van der Waals surface area contributed by atoms with E-state index in [-0.39, 0.29) is 5.91 Å². The monoisotopic (exact) mass is 385 g/mol. The Kier molecular flexibility index (Phi) is 5.84. The summed E-state index contributed by atoms with van der Waals surface area (Å²) in [7, 11) is 1.63. The van der Waals surface area contributed by atoms with Gasteiger partial charge in [-0.25, -0.2) is 4.98 Å². The molecule has 3 rings (SSSR count). The third-order valence-corrected chi connectivity index (χ3v) is 4.60. The van der Waals surface area contributed by atoms with E-state index < -0.39 is 0 Å². The lowest BCUT2D eigenvalue weighted by molar-refractivity contribution is 0.0674. The number of rotatable bonds is 7. The summed E-state index contributed by atoms with van der Waals surface area (Å²) in [5.41, 5.74) is 3.02. The molecule has 0 saturated heterocycles. The van der Waals surface area contributed by atoms with Crippen LogP contribution in [0.25, 0.3) is 22.4 Å². The van der Waals surface area contributed by atoms with Crippen molar-refractivity contribution < 1.29 is 18.5 Å². The number of hydrogen-bond donors (Lipinski definition) is 0. The first-order valence-electron chi connectivity index (χ1n) is 9.44. The molecule has 1 amide bonds. The lowest BCUT2D eigenvalue weighted by Crippen LogP contribution is -2.37. The Balaban J connectivity index is 2.13. The van der Waals surface area contributed by atoms with Crippen molar-refractivity contribution >= 4 is 17.0 Å². The summed E-state index contributed by atoms with van der Waals surface area (Å²) in [5, 5.41) is 4.68. The fourth-order valence-electron chi connectivity index (χ4n) is 3.37. The Morgan fingerprint density at radius 1 is 1.25 bits per heavy atom. The molecule has 150 valence electrons. The average molecular weight is 385 g/mol. The van der Waals surface area contributed by atoms with Gasteiger partial charge in [-0.1, -0.05) is 19.0 Å². The van der Waals surface area contributed by atoms with Crippen LogP contribution in [0.3, 0.4) is 0 Å². The Morgan fingerprint density at radius 3 is 2.61 bits per heavy atom. The van der Waals surface area contributed by atoms with Crippen molar-refractivity contribution in [3.63, 3.8) is 0 Å². The maximum atomic E-state index is 13.5. The summed E-state index contributed by atoms with van der Waals surface area (Å²) in [6, 6.07) is 3.73. The Bertz CT molecular complexity index is 987. The van der Waals surface area contributed by atoms with Gasteiger partial charge in [0, 0.05) is 25.8 Å². The fourth-order valence-corrected chi connectivity index (χ4v) is 3.37. The van der Waals surface area contributed by atoms with Crippen molar-refractivity contribution in [3.8, 4) is 11.3 Å². The molecule has 0 fully saturated rings. The van der Waals surface area contributed by atoms with Crippen LogP contribution in [0.1, 0.15) is 41.4 Å². The highest BCUT2D eigenvalue weighted by molar-refractivity contribution is 6.07. The van der Waals surface area contributed by atoms with Gasteiger partial charge in [-0.15, -0.1) is 0 Å². The number of ether oxygens (including phenoxy) is 1. The number of hydrogen-bond acceptors (Lipinski definition) is 6. The molecule has 0 unspecified atom stereocenters. The van der Waals surface area contributed by atoms with Crippen LogP contribution < -0.4 is 0 Å². The smallest absolute Gasteiger partial charge is 0.259 e. The second-order valence-electron chi connectivity index (χ2n) is 7.47. The van der Waals surface area contributed by atoms with Gasteiger partial charge in [0.2, 0.25) is 0 Å². The molecule has 0 radical (unpaired) electrons. The molecule has 7 nitrogen and oxygen atoms in total. The zero-order chi connectivity index (χ0) is 20.4. The minimum absolute atomic E-state index is 0.0800. The molecule has 3 aromatic heterocycles. The van der Waals surface area contributed by atoms with E-state index in [1.165, 1.54) is 0 Å². The van der Waals surface area contributed by atoms with E-state index in [1.807, 2.05) is 37.8 Å². The van der Waals surface area contributed by atoms with E-state index in [1.54, 1.807) is 7.11 Å². The zero-order valence-corrected chi connectivity index (χ0v) is 17.3. The first-order valence-corrected chi connectivity index (χ1v) is 9.44. The van der Waals surface area contributed by atoms with Crippen LogP contribution in [-0.2, 0) is 4.74 Å². The molecule has 0 aromatic carbocycles. The maximum Gasteiger partial charge on any atom is 0.259 e. The number of pyridine rings is 1. The van der Waals surface area contributed by atoms with Crippen molar-refractivity contribution in [2.24, 2.45) is 5.92 Å². The lowest BCUT2D eigenvalue weighted by atomic mass is 10.0. The first-order chi connectivity index (χ1) is 13.3. The molecule has 0 saturated carbocycles. The van der Waals surface area contributed by atoms with Crippen molar-refractivity contribution in [1.82, 2.24) is 15.0 Å². The molecule has 7 heteroatoms. The largest absolute Gasteiger partial charge is 0.466 e. The highest BCUT2D eigenvalue weighted by Crippen LogP contribution is 2.31. The van der Waals surface area contributed by atoms with Gasteiger partial charge >= 0.3 is 0 Å². The summed E-state index contributed by atoms with van der Waals surface area (Å²) in [5.74, 6) is 1.79. The number of fused-ring (bicyclic) bond motifs is 1. The molecule has 0 N–H and O–H groups in total. The van der Waals surface area contributed by atoms with Gasteiger partial charge in [-0.3, -0.25) is 4.79 Å². The van der Waals surface area contributed by atoms with Crippen LogP contribution >= 0.6 is 0 Å².